The van der Waals surface area contributed by atoms with Crippen molar-refractivity contribution in [1.29, 1.82) is 0 Å². The molecule has 20 heavy (non-hydrogen) atoms. The van der Waals surface area contributed by atoms with Crippen LogP contribution < -0.4 is 0 Å². The monoisotopic (exact) mass is 285 g/mol. The Morgan fingerprint density at radius 3 is 2.30 bits per heavy atom. The van der Waals surface area contributed by atoms with Crippen molar-refractivity contribution in [3.8, 4) is 11.3 Å². The van der Waals surface area contributed by atoms with Crippen molar-refractivity contribution in [2.24, 2.45) is 0 Å². The molecule has 2 heterocycles. The van der Waals surface area contributed by atoms with Crippen LogP contribution in [0.4, 0.5) is 4.39 Å². The Kier molecular flexibility index (Phi) is 3.36. The lowest BCUT2D eigenvalue weighted by atomic mass is 10.1. The highest BCUT2D eigenvalue weighted by Crippen LogP contribution is 2.31. The first-order valence-corrected chi connectivity index (χ1v) is 7.34. The molecule has 0 N–H and O–H groups in total. The van der Waals surface area contributed by atoms with Crippen molar-refractivity contribution in [2.75, 3.05) is 6.26 Å². The summed E-state index contributed by atoms with van der Waals surface area (Å²) in [6.45, 7) is 1.97. The molecule has 0 spiro atoms. The summed E-state index contributed by atoms with van der Waals surface area (Å²) in [5.74, 6) is -0.253. The van der Waals surface area contributed by atoms with Gasteiger partial charge in [0.2, 0.25) is 0 Å². The second-order valence-corrected chi connectivity index (χ2v) is 5.15. The van der Waals surface area contributed by atoms with Gasteiger partial charge in [-0.05, 0) is 37.4 Å². The average molecular weight is 285 g/mol. The summed E-state index contributed by atoms with van der Waals surface area (Å²) in [5, 5.41) is 0.832. The topological polar surface area (TPSA) is 38.7 Å². The maximum Gasteiger partial charge on any atom is 0.124 e. The molecule has 2 aromatic heterocycles. The van der Waals surface area contributed by atoms with E-state index in [0.29, 0.717) is 0 Å². The number of nitrogens with zero attached hydrogens (tertiary/aromatic N) is 3. The quantitative estimate of drug-likeness (QED) is 0.670. The molecule has 0 radical (unpaired) electrons. The maximum atomic E-state index is 13.1. The number of aromatic nitrogens is 3. The average Bonchev–Trinajstić information content (AvgIpc) is 2.49. The summed E-state index contributed by atoms with van der Waals surface area (Å²) < 4.78 is 13.1. The fraction of sp³-hybridized carbons (Fsp3) is 0.133. The zero-order chi connectivity index (χ0) is 14.1. The molecule has 0 aliphatic heterocycles. The van der Waals surface area contributed by atoms with Crippen molar-refractivity contribution in [1.82, 2.24) is 15.0 Å². The first-order valence-electron chi connectivity index (χ1n) is 6.12. The molecule has 0 saturated carbocycles. The molecule has 3 aromatic rings. The number of hydrogen-bond acceptors (Lipinski definition) is 4. The highest BCUT2D eigenvalue weighted by atomic mass is 32.2. The van der Waals surface area contributed by atoms with Crippen LogP contribution in [0.3, 0.4) is 0 Å². The summed E-state index contributed by atoms with van der Waals surface area (Å²) in [4.78, 5) is 13.4. The highest BCUT2D eigenvalue weighted by molar-refractivity contribution is 7.98. The van der Waals surface area contributed by atoms with Crippen LogP contribution in [0.2, 0.25) is 0 Å². The van der Waals surface area contributed by atoms with Crippen molar-refractivity contribution in [3.63, 3.8) is 0 Å². The minimum atomic E-state index is -0.253. The molecule has 0 aliphatic carbocycles. The van der Waals surface area contributed by atoms with Gasteiger partial charge in [0.1, 0.15) is 16.4 Å². The van der Waals surface area contributed by atoms with Crippen LogP contribution in [0.25, 0.3) is 22.3 Å². The number of thioether (sulfide) groups is 1. The van der Waals surface area contributed by atoms with E-state index in [1.807, 2.05) is 13.2 Å². The molecule has 3 rings (SSSR count). The standard InChI is InChI=1S/C15H12FN3S/c1-9-12(10-3-5-11(16)6-4-10)19-15(20-2)14-13(9)17-7-8-18-14/h3-8H,1-2H3. The zero-order valence-corrected chi connectivity index (χ0v) is 11.9. The van der Waals surface area contributed by atoms with E-state index in [9.17, 15) is 4.39 Å². The second-order valence-electron chi connectivity index (χ2n) is 4.36. The number of rotatable bonds is 2. The Morgan fingerprint density at radius 2 is 1.65 bits per heavy atom. The van der Waals surface area contributed by atoms with Crippen molar-refractivity contribution >= 4 is 22.8 Å². The number of benzene rings is 1. The first kappa shape index (κ1) is 13.0. The smallest absolute Gasteiger partial charge is 0.124 e. The Bertz CT molecular complexity index is 772. The summed E-state index contributed by atoms with van der Waals surface area (Å²) in [5.41, 5.74) is 4.31. The van der Waals surface area contributed by atoms with E-state index < -0.39 is 0 Å². The van der Waals surface area contributed by atoms with Crippen molar-refractivity contribution in [2.45, 2.75) is 11.9 Å². The number of aryl methyl sites for hydroxylation is 1. The zero-order valence-electron chi connectivity index (χ0n) is 11.1. The third kappa shape index (κ3) is 2.14. The van der Waals surface area contributed by atoms with Crippen LogP contribution in [0, 0.1) is 12.7 Å². The molecule has 5 heteroatoms. The minimum absolute atomic E-state index is 0.253. The van der Waals surface area contributed by atoms with Gasteiger partial charge in [-0.15, -0.1) is 11.8 Å². The van der Waals surface area contributed by atoms with Crippen LogP contribution in [-0.2, 0) is 0 Å². The molecule has 0 unspecified atom stereocenters. The molecule has 0 amide bonds. The van der Waals surface area contributed by atoms with Crippen molar-refractivity contribution < 1.29 is 4.39 Å². The van der Waals surface area contributed by atoms with E-state index in [2.05, 4.69) is 15.0 Å². The van der Waals surface area contributed by atoms with E-state index in [-0.39, 0.29) is 5.82 Å². The van der Waals surface area contributed by atoms with Gasteiger partial charge in [0.05, 0.1) is 11.2 Å². The molecule has 3 nitrogen and oxygen atoms in total. The Hall–Kier alpha value is -2.01. The van der Waals surface area contributed by atoms with Gasteiger partial charge in [0.15, 0.2) is 0 Å². The van der Waals surface area contributed by atoms with Gasteiger partial charge in [0, 0.05) is 23.5 Å². The summed E-state index contributed by atoms with van der Waals surface area (Å²) in [6.07, 6.45) is 5.30. The maximum absolute atomic E-state index is 13.1. The molecule has 0 bridgehead atoms. The summed E-state index contributed by atoms with van der Waals surface area (Å²) in [6, 6.07) is 6.35. The van der Waals surface area contributed by atoms with E-state index in [4.69, 9.17) is 0 Å². The van der Waals surface area contributed by atoms with Gasteiger partial charge < -0.3 is 0 Å². The fourth-order valence-electron chi connectivity index (χ4n) is 2.15. The third-order valence-corrected chi connectivity index (χ3v) is 3.81. The Labute approximate surface area is 120 Å². The van der Waals surface area contributed by atoms with Crippen molar-refractivity contribution in [3.05, 3.63) is 48.0 Å². The first-order chi connectivity index (χ1) is 9.70. The highest BCUT2D eigenvalue weighted by Gasteiger charge is 2.13. The van der Waals surface area contributed by atoms with Crippen LogP contribution in [0.1, 0.15) is 5.56 Å². The molecule has 1 aromatic carbocycles. The van der Waals surface area contributed by atoms with Gasteiger partial charge in [-0.3, -0.25) is 9.97 Å². The summed E-state index contributed by atoms with van der Waals surface area (Å²) in [7, 11) is 0. The van der Waals surface area contributed by atoms with Gasteiger partial charge >= 0.3 is 0 Å². The number of fused-ring (bicyclic) bond motifs is 1. The molecular formula is C15H12FN3S. The molecule has 0 saturated heterocycles. The third-order valence-electron chi connectivity index (χ3n) is 3.14. The number of pyridine rings is 1. The van der Waals surface area contributed by atoms with E-state index in [1.54, 1.807) is 24.5 Å². The van der Waals surface area contributed by atoms with Crippen LogP contribution in [0.15, 0.2) is 41.7 Å². The fourth-order valence-corrected chi connectivity index (χ4v) is 2.68. The number of hydrogen-bond donors (Lipinski definition) is 0. The molecular weight excluding hydrogens is 273 g/mol. The van der Waals surface area contributed by atoms with Gasteiger partial charge in [-0.25, -0.2) is 9.37 Å². The SMILES string of the molecule is CSc1nc(-c2ccc(F)cc2)c(C)c2nccnc12. The Morgan fingerprint density at radius 1 is 1.00 bits per heavy atom. The molecule has 0 atom stereocenters. The van der Waals surface area contributed by atoms with E-state index >= 15 is 0 Å². The lowest BCUT2D eigenvalue weighted by molar-refractivity contribution is 0.628. The Balaban J connectivity index is 2.31. The largest absolute Gasteiger partial charge is 0.253 e. The number of halogens is 1. The normalized spacial score (nSPS) is 10.9. The lowest BCUT2D eigenvalue weighted by Crippen LogP contribution is -1.97. The second kappa shape index (κ2) is 5.17. The predicted molar refractivity (Wildman–Crippen MR) is 79.2 cm³/mol. The van der Waals surface area contributed by atoms with Gasteiger partial charge in [-0.2, -0.15) is 0 Å². The van der Waals surface area contributed by atoms with Crippen LogP contribution in [-0.4, -0.2) is 21.2 Å². The predicted octanol–water partition coefficient (Wildman–Crippen LogP) is 3.86. The molecule has 0 fully saturated rings. The van der Waals surface area contributed by atoms with E-state index in [1.165, 1.54) is 23.9 Å². The van der Waals surface area contributed by atoms with Crippen LogP contribution >= 0.6 is 11.8 Å². The van der Waals surface area contributed by atoms with E-state index in [0.717, 1.165) is 32.9 Å². The lowest BCUT2D eigenvalue weighted by Gasteiger charge is -2.10. The van der Waals surface area contributed by atoms with Gasteiger partial charge in [-0.1, -0.05) is 0 Å². The molecule has 100 valence electrons. The van der Waals surface area contributed by atoms with Gasteiger partial charge in [0.25, 0.3) is 0 Å². The minimum Gasteiger partial charge on any atom is -0.253 e. The summed E-state index contributed by atoms with van der Waals surface area (Å²) >= 11 is 1.53. The molecule has 0 aliphatic rings. The van der Waals surface area contributed by atoms with Crippen LogP contribution in [0.5, 0.6) is 0 Å².